The van der Waals surface area contributed by atoms with Gasteiger partial charge in [0.05, 0.1) is 13.2 Å². The predicted octanol–water partition coefficient (Wildman–Crippen LogP) is 1.57. The molecule has 0 bridgehead atoms. The van der Waals surface area contributed by atoms with E-state index < -0.39 is 11.6 Å². The molecule has 0 saturated carbocycles. The Balaban J connectivity index is 2.31. The number of nitrogens with one attached hydrogen (secondary N) is 1. The molecule has 0 spiro atoms. The van der Waals surface area contributed by atoms with Crippen molar-refractivity contribution in [1.29, 1.82) is 0 Å². The molecule has 1 aliphatic heterocycles. The quantitative estimate of drug-likeness (QED) is 0.820. The Hall–Kier alpha value is -1.88. The number of imide groups is 1. The maximum absolute atomic E-state index is 12.4. The van der Waals surface area contributed by atoms with Gasteiger partial charge in [0.25, 0.3) is 5.91 Å². The lowest BCUT2D eigenvalue weighted by Crippen LogP contribution is -2.41. The molecule has 2 rings (SSSR count). The van der Waals surface area contributed by atoms with Gasteiger partial charge in [-0.2, -0.15) is 0 Å². The van der Waals surface area contributed by atoms with E-state index in [1.165, 1.54) is 5.56 Å². The summed E-state index contributed by atoms with van der Waals surface area (Å²) in [4.78, 5) is 25.3. The first-order chi connectivity index (χ1) is 9.40. The Labute approximate surface area is 118 Å². The third-order valence-corrected chi connectivity index (χ3v) is 3.75. The molecule has 108 valence electrons. The van der Waals surface area contributed by atoms with Crippen molar-refractivity contribution in [2.75, 3.05) is 13.2 Å². The molecule has 1 aromatic rings. The molecule has 1 aromatic carbocycles. The summed E-state index contributed by atoms with van der Waals surface area (Å²) in [5.74, 6) is 0.0884. The molecule has 20 heavy (non-hydrogen) atoms. The van der Waals surface area contributed by atoms with Crippen molar-refractivity contribution < 1.29 is 14.7 Å². The smallest absolute Gasteiger partial charge is 0.325 e. The monoisotopic (exact) mass is 276 g/mol. The lowest BCUT2D eigenvalue weighted by Gasteiger charge is -2.22. The third kappa shape index (κ3) is 2.29. The van der Waals surface area contributed by atoms with Crippen LogP contribution in [0.4, 0.5) is 4.79 Å². The first-order valence-electron chi connectivity index (χ1n) is 6.75. The molecule has 5 nitrogen and oxygen atoms in total. The minimum Gasteiger partial charge on any atom is -0.395 e. The Morgan fingerprint density at radius 3 is 2.35 bits per heavy atom. The maximum atomic E-state index is 12.4. The van der Waals surface area contributed by atoms with Crippen LogP contribution in [0, 0.1) is 0 Å². The van der Waals surface area contributed by atoms with Crippen molar-refractivity contribution in [1.82, 2.24) is 10.2 Å². The van der Waals surface area contributed by atoms with E-state index in [4.69, 9.17) is 5.11 Å². The molecule has 1 heterocycles. The van der Waals surface area contributed by atoms with E-state index in [0.717, 1.165) is 10.5 Å². The average Bonchev–Trinajstić information content (AvgIpc) is 2.64. The van der Waals surface area contributed by atoms with Gasteiger partial charge in [-0.05, 0) is 24.0 Å². The molecule has 0 radical (unpaired) electrons. The van der Waals surface area contributed by atoms with E-state index in [1.807, 2.05) is 24.3 Å². The average molecular weight is 276 g/mol. The molecule has 5 heteroatoms. The molecular weight excluding hydrogens is 256 g/mol. The predicted molar refractivity (Wildman–Crippen MR) is 75.2 cm³/mol. The summed E-state index contributed by atoms with van der Waals surface area (Å²) < 4.78 is 0. The van der Waals surface area contributed by atoms with Crippen molar-refractivity contribution in [3.63, 3.8) is 0 Å². The Kier molecular flexibility index (Phi) is 3.81. The highest BCUT2D eigenvalue weighted by Crippen LogP contribution is 2.29. The van der Waals surface area contributed by atoms with Crippen LogP contribution in [0.5, 0.6) is 0 Å². The Morgan fingerprint density at radius 1 is 1.25 bits per heavy atom. The molecule has 1 fully saturated rings. The second kappa shape index (κ2) is 5.25. The van der Waals surface area contributed by atoms with Crippen molar-refractivity contribution in [3.05, 3.63) is 35.4 Å². The molecule has 3 amide bonds. The van der Waals surface area contributed by atoms with Gasteiger partial charge >= 0.3 is 6.03 Å². The van der Waals surface area contributed by atoms with Crippen LogP contribution in [0.3, 0.4) is 0 Å². The lowest BCUT2D eigenvalue weighted by atomic mass is 9.90. The van der Waals surface area contributed by atoms with Crippen LogP contribution < -0.4 is 5.32 Å². The van der Waals surface area contributed by atoms with E-state index in [-0.39, 0.29) is 19.1 Å². The molecular formula is C15H20N2O3. The fraction of sp³-hybridized carbons (Fsp3) is 0.467. The zero-order chi connectivity index (χ0) is 14.9. The highest BCUT2D eigenvalue weighted by atomic mass is 16.3. The highest BCUT2D eigenvalue weighted by Gasteiger charge is 2.48. The standard InChI is InChI=1S/C15H20N2O3/c1-10(2)11-4-6-12(7-5-11)15(3)13(19)17(8-9-18)14(20)16-15/h4-7,10,18H,8-9H2,1-3H3,(H,16,20). The van der Waals surface area contributed by atoms with Crippen molar-refractivity contribution in [3.8, 4) is 0 Å². The maximum Gasteiger partial charge on any atom is 0.325 e. The number of hydrogen-bond acceptors (Lipinski definition) is 3. The van der Waals surface area contributed by atoms with Gasteiger partial charge in [-0.3, -0.25) is 9.69 Å². The summed E-state index contributed by atoms with van der Waals surface area (Å²) in [5.41, 5.74) is 0.879. The summed E-state index contributed by atoms with van der Waals surface area (Å²) in [6.07, 6.45) is 0. The normalized spacial score (nSPS) is 22.6. The van der Waals surface area contributed by atoms with Gasteiger partial charge < -0.3 is 10.4 Å². The van der Waals surface area contributed by atoms with Gasteiger partial charge in [0.2, 0.25) is 0 Å². The first-order valence-corrected chi connectivity index (χ1v) is 6.75. The largest absolute Gasteiger partial charge is 0.395 e. The fourth-order valence-corrected chi connectivity index (χ4v) is 2.40. The molecule has 1 atom stereocenters. The molecule has 0 aromatic heterocycles. The Morgan fingerprint density at radius 2 is 1.85 bits per heavy atom. The first kappa shape index (κ1) is 14.5. The number of aliphatic hydroxyl groups is 1. The minimum atomic E-state index is -1.05. The fourth-order valence-electron chi connectivity index (χ4n) is 2.40. The van der Waals surface area contributed by atoms with Gasteiger partial charge in [-0.1, -0.05) is 38.1 Å². The minimum absolute atomic E-state index is 0.0182. The summed E-state index contributed by atoms with van der Waals surface area (Å²) >= 11 is 0. The number of rotatable bonds is 4. The van der Waals surface area contributed by atoms with Crippen LogP contribution in [0.25, 0.3) is 0 Å². The summed E-state index contributed by atoms with van der Waals surface area (Å²) in [5, 5.41) is 11.6. The molecule has 0 aliphatic carbocycles. The number of carbonyl (C=O) groups excluding carboxylic acids is 2. The van der Waals surface area contributed by atoms with Crippen molar-refractivity contribution in [2.24, 2.45) is 0 Å². The number of nitrogens with zero attached hydrogens (tertiary/aromatic N) is 1. The van der Waals surface area contributed by atoms with E-state index in [9.17, 15) is 9.59 Å². The van der Waals surface area contributed by atoms with Crippen LogP contribution in [0.15, 0.2) is 24.3 Å². The number of urea groups is 1. The second-order valence-corrected chi connectivity index (χ2v) is 5.51. The zero-order valence-corrected chi connectivity index (χ0v) is 12.0. The lowest BCUT2D eigenvalue weighted by molar-refractivity contribution is -0.131. The number of amides is 3. The number of hydrogen-bond donors (Lipinski definition) is 2. The van der Waals surface area contributed by atoms with Gasteiger partial charge in [-0.25, -0.2) is 4.79 Å². The SMILES string of the molecule is CC(C)c1ccc(C2(C)NC(=O)N(CCO)C2=O)cc1. The molecule has 1 unspecified atom stereocenters. The van der Waals surface area contributed by atoms with E-state index >= 15 is 0 Å². The number of β-amino-alcohol motifs (C(OH)–C–C–N with tert-alkyl or cyclic N) is 1. The number of aliphatic hydroxyl groups excluding tert-OH is 1. The summed E-state index contributed by atoms with van der Waals surface area (Å²) in [6.45, 7) is 5.67. The topological polar surface area (TPSA) is 69.6 Å². The van der Waals surface area contributed by atoms with Crippen LogP contribution in [0.1, 0.15) is 37.8 Å². The van der Waals surface area contributed by atoms with Gasteiger partial charge in [0.1, 0.15) is 5.54 Å². The van der Waals surface area contributed by atoms with Crippen molar-refractivity contribution in [2.45, 2.75) is 32.2 Å². The number of benzene rings is 1. The molecule has 1 aliphatic rings. The van der Waals surface area contributed by atoms with Crippen LogP contribution >= 0.6 is 0 Å². The number of carbonyl (C=O) groups is 2. The van der Waals surface area contributed by atoms with Gasteiger partial charge in [-0.15, -0.1) is 0 Å². The van der Waals surface area contributed by atoms with E-state index in [2.05, 4.69) is 19.2 Å². The van der Waals surface area contributed by atoms with Crippen LogP contribution in [-0.2, 0) is 10.3 Å². The summed E-state index contributed by atoms with van der Waals surface area (Å²) in [7, 11) is 0. The van der Waals surface area contributed by atoms with E-state index in [1.54, 1.807) is 6.92 Å². The van der Waals surface area contributed by atoms with E-state index in [0.29, 0.717) is 5.92 Å². The molecule has 2 N–H and O–H groups in total. The van der Waals surface area contributed by atoms with Crippen molar-refractivity contribution >= 4 is 11.9 Å². The third-order valence-electron chi connectivity index (χ3n) is 3.75. The zero-order valence-electron chi connectivity index (χ0n) is 12.0. The van der Waals surface area contributed by atoms with Gasteiger partial charge in [0, 0.05) is 0 Å². The highest BCUT2D eigenvalue weighted by molar-refractivity contribution is 6.07. The van der Waals surface area contributed by atoms with Crippen LogP contribution in [-0.4, -0.2) is 35.1 Å². The Bertz CT molecular complexity index is 524. The second-order valence-electron chi connectivity index (χ2n) is 5.51. The molecule has 1 saturated heterocycles. The van der Waals surface area contributed by atoms with Gasteiger partial charge in [0.15, 0.2) is 0 Å². The summed E-state index contributed by atoms with van der Waals surface area (Å²) in [6, 6.07) is 7.23. The van der Waals surface area contributed by atoms with Crippen LogP contribution in [0.2, 0.25) is 0 Å².